The molecule has 1 aliphatic rings. The summed E-state index contributed by atoms with van der Waals surface area (Å²) < 4.78 is 13.2. The number of hydrazone groups is 1. The third-order valence-electron chi connectivity index (χ3n) is 4.84. The fourth-order valence-electron chi connectivity index (χ4n) is 3.42. The van der Waals surface area contributed by atoms with Gasteiger partial charge in [0.25, 0.3) is 0 Å². The van der Waals surface area contributed by atoms with Crippen LogP contribution in [0.4, 0.5) is 4.39 Å². The van der Waals surface area contributed by atoms with Gasteiger partial charge in [0, 0.05) is 32.7 Å². The third kappa shape index (κ3) is 3.92. The zero-order chi connectivity index (χ0) is 17.8. The average molecular weight is 347 g/mol. The second-order valence-electron chi connectivity index (χ2n) is 6.67. The summed E-state index contributed by atoms with van der Waals surface area (Å²) >= 11 is 0. The van der Waals surface area contributed by atoms with Gasteiger partial charge in [-0.3, -0.25) is 9.91 Å². The van der Waals surface area contributed by atoms with Crippen LogP contribution in [0.5, 0.6) is 0 Å². The molecule has 3 nitrogen and oxygen atoms in total. The van der Waals surface area contributed by atoms with E-state index in [1.54, 1.807) is 12.3 Å². The molecule has 0 atom stereocenters. The summed E-state index contributed by atoms with van der Waals surface area (Å²) in [5.41, 5.74) is 2.17. The number of benzene rings is 3. The summed E-state index contributed by atoms with van der Waals surface area (Å²) in [4.78, 5) is 2.47. The standard InChI is InChI=1S/C22H22FN3/c23-21-9-3-5-18(15-21)16-24-26-13-11-25(12-14-26)17-20-8-4-7-19-6-1-2-10-22(19)20/h1-10,15-16H,11-14,17H2. The van der Waals surface area contributed by atoms with E-state index in [0.717, 1.165) is 38.3 Å². The summed E-state index contributed by atoms with van der Waals surface area (Å²) in [5, 5.41) is 9.19. The second-order valence-corrected chi connectivity index (χ2v) is 6.67. The molecule has 0 radical (unpaired) electrons. The van der Waals surface area contributed by atoms with E-state index in [1.807, 2.05) is 6.07 Å². The van der Waals surface area contributed by atoms with E-state index in [2.05, 4.69) is 57.5 Å². The van der Waals surface area contributed by atoms with Crippen molar-refractivity contribution in [3.63, 3.8) is 0 Å². The first-order chi connectivity index (χ1) is 12.8. The first-order valence-electron chi connectivity index (χ1n) is 9.01. The van der Waals surface area contributed by atoms with Gasteiger partial charge in [-0.15, -0.1) is 0 Å². The van der Waals surface area contributed by atoms with Crippen LogP contribution in [0.1, 0.15) is 11.1 Å². The second kappa shape index (κ2) is 7.67. The summed E-state index contributed by atoms with van der Waals surface area (Å²) in [5.74, 6) is -0.228. The van der Waals surface area contributed by atoms with E-state index < -0.39 is 0 Å². The molecule has 132 valence electrons. The van der Waals surface area contributed by atoms with Gasteiger partial charge in [-0.1, -0.05) is 54.6 Å². The van der Waals surface area contributed by atoms with E-state index in [1.165, 1.54) is 28.5 Å². The maximum Gasteiger partial charge on any atom is 0.123 e. The first kappa shape index (κ1) is 16.7. The minimum absolute atomic E-state index is 0.228. The fraction of sp³-hybridized carbons (Fsp3) is 0.227. The van der Waals surface area contributed by atoms with E-state index in [4.69, 9.17) is 0 Å². The molecular formula is C22H22FN3. The summed E-state index contributed by atoms with van der Waals surface area (Å²) in [6, 6.07) is 21.6. The van der Waals surface area contributed by atoms with Crippen molar-refractivity contribution in [3.05, 3.63) is 83.7 Å². The maximum atomic E-state index is 13.2. The summed E-state index contributed by atoms with van der Waals surface area (Å²) in [6.07, 6.45) is 1.74. The van der Waals surface area contributed by atoms with Crippen LogP contribution in [0.3, 0.4) is 0 Å². The molecule has 1 heterocycles. The molecule has 1 aliphatic heterocycles. The van der Waals surface area contributed by atoms with Gasteiger partial charge in [-0.05, 0) is 34.0 Å². The van der Waals surface area contributed by atoms with Crippen LogP contribution in [0, 0.1) is 5.82 Å². The Balaban J connectivity index is 1.36. The predicted octanol–water partition coefficient (Wildman–Crippen LogP) is 4.13. The average Bonchev–Trinajstić information content (AvgIpc) is 2.68. The molecule has 3 aromatic rings. The SMILES string of the molecule is Fc1cccc(C=NN2CCN(Cc3cccc4ccccc34)CC2)c1. The van der Waals surface area contributed by atoms with Crippen LogP contribution in [-0.4, -0.2) is 42.3 Å². The van der Waals surface area contributed by atoms with E-state index in [9.17, 15) is 4.39 Å². The number of fused-ring (bicyclic) bond motifs is 1. The Morgan fingerprint density at radius 3 is 2.50 bits per heavy atom. The summed E-state index contributed by atoms with van der Waals surface area (Å²) in [7, 11) is 0. The molecule has 0 aromatic heterocycles. The topological polar surface area (TPSA) is 18.8 Å². The maximum absolute atomic E-state index is 13.2. The van der Waals surface area contributed by atoms with Crippen molar-refractivity contribution in [2.45, 2.75) is 6.54 Å². The Morgan fingerprint density at radius 1 is 0.885 bits per heavy atom. The lowest BCUT2D eigenvalue weighted by Gasteiger charge is -2.33. The third-order valence-corrected chi connectivity index (χ3v) is 4.84. The molecule has 0 bridgehead atoms. The van der Waals surface area contributed by atoms with Crippen LogP contribution in [-0.2, 0) is 6.54 Å². The Hall–Kier alpha value is -2.72. The Bertz CT molecular complexity index is 909. The smallest absolute Gasteiger partial charge is 0.123 e. The molecule has 0 unspecified atom stereocenters. The highest BCUT2D eigenvalue weighted by Gasteiger charge is 2.16. The fourth-order valence-corrected chi connectivity index (χ4v) is 3.42. The van der Waals surface area contributed by atoms with Crippen LogP contribution < -0.4 is 0 Å². The van der Waals surface area contributed by atoms with Crippen molar-refractivity contribution in [2.24, 2.45) is 5.10 Å². The monoisotopic (exact) mass is 347 g/mol. The molecule has 0 amide bonds. The van der Waals surface area contributed by atoms with Crippen LogP contribution >= 0.6 is 0 Å². The van der Waals surface area contributed by atoms with Crippen molar-refractivity contribution in [1.82, 2.24) is 9.91 Å². The van der Waals surface area contributed by atoms with Gasteiger partial charge in [0.1, 0.15) is 5.82 Å². The lowest BCUT2D eigenvalue weighted by atomic mass is 10.0. The number of hydrogen-bond donors (Lipinski definition) is 0. The zero-order valence-electron chi connectivity index (χ0n) is 14.7. The minimum atomic E-state index is -0.228. The Morgan fingerprint density at radius 2 is 1.65 bits per heavy atom. The number of halogens is 1. The highest BCUT2D eigenvalue weighted by atomic mass is 19.1. The van der Waals surface area contributed by atoms with Gasteiger partial charge in [0.2, 0.25) is 0 Å². The molecule has 0 spiro atoms. The van der Waals surface area contributed by atoms with Crippen LogP contribution in [0.15, 0.2) is 71.8 Å². The molecule has 26 heavy (non-hydrogen) atoms. The Kier molecular flexibility index (Phi) is 4.93. The molecule has 4 heteroatoms. The molecular weight excluding hydrogens is 325 g/mol. The van der Waals surface area contributed by atoms with Crippen molar-refractivity contribution < 1.29 is 4.39 Å². The minimum Gasteiger partial charge on any atom is -0.295 e. The number of hydrogen-bond acceptors (Lipinski definition) is 3. The molecule has 1 saturated heterocycles. The normalized spacial score (nSPS) is 15.8. The van der Waals surface area contributed by atoms with Crippen LogP contribution in [0.2, 0.25) is 0 Å². The molecule has 1 fully saturated rings. The van der Waals surface area contributed by atoms with Gasteiger partial charge < -0.3 is 0 Å². The van der Waals surface area contributed by atoms with Gasteiger partial charge >= 0.3 is 0 Å². The van der Waals surface area contributed by atoms with E-state index in [0.29, 0.717) is 0 Å². The first-order valence-corrected chi connectivity index (χ1v) is 9.01. The van der Waals surface area contributed by atoms with E-state index in [-0.39, 0.29) is 5.82 Å². The lowest BCUT2D eigenvalue weighted by molar-refractivity contribution is 0.131. The highest BCUT2D eigenvalue weighted by Crippen LogP contribution is 2.20. The number of rotatable bonds is 4. The summed E-state index contributed by atoms with van der Waals surface area (Å²) in [6.45, 7) is 4.68. The Labute approximate surface area is 153 Å². The lowest BCUT2D eigenvalue weighted by Crippen LogP contribution is -2.43. The predicted molar refractivity (Wildman–Crippen MR) is 105 cm³/mol. The van der Waals surface area contributed by atoms with Gasteiger partial charge in [0.05, 0.1) is 6.21 Å². The van der Waals surface area contributed by atoms with Gasteiger partial charge in [0.15, 0.2) is 0 Å². The molecule has 0 aliphatic carbocycles. The zero-order valence-corrected chi connectivity index (χ0v) is 14.7. The van der Waals surface area contributed by atoms with Gasteiger partial charge in [-0.25, -0.2) is 4.39 Å². The van der Waals surface area contributed by atoms with Crippen LogP contribution in [0.25, 0.3) is 10.8 Å². The molecule has 0 N–H and O–H groups in total. The molecule has 3 aromatic carbocycles. The van der Waals surface area contributed by atoms with E-state index >= 15 is 0 Å². The van der Waals surface area contributed by atoms with Crippen molar-refractivity contribution in [2.75, 3.05) is 26.2 Å². The van der Waals surface area contributed by atoms with Crippen molar-refractivity contribution >= 4 is 17.0 Å². The van der Waals surface area contributed by atoms with Gasteiger partial charge in [-0.2, -0.15) is 5.10 Å². The quantitative estimate of drug-likeness (QED) is 0.661. The van der Waals surface area contributed by atoms with Crippen molar-refractivity contribution in [3.8, 4) is 0 Å². The number of nitrogens with zero attached hydrogens (tertiary/aromatic N) is 3. The van der Waals surface area contributed by atoms with Crippen molar-refractivity contribution in [1.29, 1.82) is 0 Å². The largest absolute Gasteiger partial charge is 0.295 e. The number of piperazine rings is 1. The highest BCUT2D eigenvalue weighted by molar-refractivity contribution is 5.85. The molecule has 4 rings (SSSR count). The molecule has 0 saturated carbocycles.